The highest BCUT2D eigenvalue weighted by molar-refractivity contribution is 6.39. The van der Waals surface area contributed by atoms with Crippen LogP contribution in [-0.4, -0.2) is 22.8 Å². The first-order valence-electron chi connectivity index (χ1n) is 9.17. The van der Waals surface area contributed by atoms with Gasteiger partial charge in [0.1, 0.15) is 17.1 Å². The van der Waals surface area contributed by atoms with Gasteiger partial charge in [-0.2, -0.15) is 0 Å². The van der Waals surface area contributed by atoms with Crippen LogP contribution in [0.2, 0.25) is 0 Å². The first kappa shape index (κ1) is 19.8. The monoisotopic (exact) mass is 417 g/mol. The number of carbonyl (C=O) groups is 3. The molecular weight excluding hydrogens is 402 g/mol. The number of para-hydroxylation sites is 1. The van der Waals surface area contributed by atoms with Gasteiger partial charge in [0, 0.05) is 17.7 Å². The van der Waals surface area contributed by atoms with Crippen molar-refractivity contribution in [2.75, 3.05) is 4.90 Å². The van der Waals surface area contributed by atoms with E-state index in [1.807, 2.05) is 0 Å². The van der Waals surface area contributed by atoms with Gasteiger partial charge in [0.2, 0.25) is 0 Å². The van der Waals surface area contributed by atoms with Gasteiger partial charge in [-0.05, 0) is 48.9 Å². The highest BCUT2D eigenvalue weighted by atomic mass is 16.6. The molecule has 3 aromatic rings. The van der Waals surface area contributed by atoms with Crippen LogP contribution in [-0.2, 0) is 9.59 Å². The summed E-state index contributed by atoms with van der Waals surface area (Å²) in [5.74, 6) is -0.969. The van der Waals surface area contributed by atoms with Gasteiger partial charge >= 0.3 is 6.03 Å². The summed E-state index contributed by atoms with van der Waals surface area (Å²) in [7, 11) is 0. The Hall–Kier alpha value is -4.53. The summed E-state index contributed by atoms with van der Waals surface area (Å²) in [4.78, 5) is 48.6. The van der Waals surface area contributed by atoms with E-state index in [0.717, 1.165) is 4.90 Å². The SMILES string of the molecule is Cc1cc([N+](=O)[O-])ccc1-c1ccc(C=C2C(=O)NC(=O)N(c3ccccc3)C2=O)o1. The molecule has 0 saturated carbocycles. The largest absolute Gasteiger partial charge is 0.457 e. The van der Waals surface area contributed by atoms with E-state index in [-0.39, 0.29) is 17.0 Å². The molecule has 2 heterocycles. The standard InChI is InChI=1S/C22H15N3O6/c1-13-11-15(25(29)30)7-9-17(13)19-10-8-16(31-19)12-18-20(26)23-22(28)24(21(18)27)14-5-3-2-4-6-14/h2-12H,1H3,(H,23,26,28). The van der Waals surface area contributed by atoms with Gasteiger partial charge in [0.05, 0.1) is 10.6 Å². The van der Waals surface area contributed by atoms with Gasteiger partial charge in [-0.25, -0.2) is 9.69 Å². The number of barbiturate groups is 1. The maximum atomic E-state index is 12.9. The molecule has 0 atom stereocenters. The molecule has 9 nitrogen and oxygen atoms in total. The predicted octanol–water partition coefficient (Wildman–Crippen LogP) is 3.83. The van der Waals surface area contributed by atoms with Gasteiger partial charge < -0.3 is 4.42 Å². The highest BCUT2D eigenvalue weighted by Crippen LogP contribution is 2.29. The molecule has 9 heteroatoms. The van der Waals surface area contributed by atoms with E-state index in [2.05, 4.69) is 5.32 Å². The van der Waals surface area contributed by atoms with E-state index in [9.17, 15) is 24.5 Å². The predicted molar refractivity (Wildman–Crippen MR) is 111 cm³/mol. The van der Waals surface area contributed by atoms with Crippen LogP contribution in [0.25, 0.3) is 17.4 Å². The summed E-state index contributed by atoms with van der Waals surface area (Å²) < 4.78 is 5.74. The third-order valence-electron chi connectivity index (χ3n) is 4.72. The van der Waals surface area contributed by atoms with Gasteiger partial charge in [-0.15, -0.1) is 0 Å². The van der Waals surface area contributed by atoms with E-state index in [4.69, 9.17) is 4.42 Å². The number of anilines is 1. The fraction of sp³-hybridized carbons (Fsp3) is 0.0455. The summed E-state index contributed by atoms with van der Waals surface area (Å²) in [5, 5.41) is 13.1. The van der Waals surface area contributed by atoms with Gasteiger partial charge in [-0.3, -0.25) is 25.0 Å². The number of nitro groups is 1. The Labute approximate surface area is 175 Å². The number of nitro benzene ring substituents is 1. The number of imide groups is 2. The number of non-ortho nitro benzene ring substituents is 1. The lowest BCUT2D eigenvalue weighted by atomic mass is 10.1. The molecule has 1 aromatic heterocycles. The number of urea groups is 1. The fourth-order valence-corrected chi connectivity index (χ4v) is 3.22. The average molecular weight is 417 g/mol. The fourth-order valence-electron chi connectivity index (χ4n) is 3.22. The molecular formula is C22H15N3O6. The number of hydrogen-bond acceptors (Lipinski definition) is 6. The Morgan fingerprint density at radius 1 is 1.03 bits per heavy atom. The molecule has 4 amide bonds. The van der Waals surface area contributed by atoms with Crippen LogP contribution in [0.5, 0.6) is 0 Å². The number of nitrogens with zero attached hydrogens (tertiary/aromatic N) is 2. The van der Waals surface area contributed by atoms with Crippen LogP contribution < -0.4 is 10.2 Å². The van der Waals surface area contributed by atoms with Crippen molar-refractivity contribution in [3.8, 4) is 11.3 Å². The zero-order valence-corrected chi connectivity index (χ0v) is 16.2. The Morgan fingerprint density at radius 3 is 2.45 bits per heavy atom. The normalized spacial score (nSPS) is 15.3. The third-order valence-corrected chi connectivity index (χ3v) is 4.72. The number of furan rings is 1. The number of amides is 4. The lowest BCUT2D eigenvalue weighted by Crippen LogP contribution is -2.54. The molecule has 1 saturated heterocycles. The lowest BCUT2D eigenvalue weighted by Gasteiger charge is -2.26. The number of hydrogen-bond donors (Lipinski definition) is 1. The van der Waals surface area contributed by atoms with Gasteiger partial charge in [-0.1, -0.05) is 18.2 Å². The van der Waals surface area contributed by atoms with Crippen molar-refractivity contribution in [3.05, 3.63) is 87.7 Å². The minimum absolute atomic E-state index is 0.0368. The lowest BCUT2D eigenvalue weighted by molar-refractivity contribution is -0.384. The molecule has 154 valence electrons. The van der Waals surface area contributed by atoms with Crippen LogP contribution in [0.1, 0.15) is 11.3 Å². The molecule has 1 aliphatic rings. The minimum Gasteiger partial charge on any atom is -0.457 e. The van der Waals surface area contributed by atoms with Crippen LogP contribution in [0, 0.1) is 17.0 Å². The summed E-state index contributed by atoms with van der Waals surface area (Å²) in [6.07, 6.45) is 1.25. The van der Waals surface area contributed by atoms with Crippen molar-refractivity contribution < 1.29 is 23.7 Å². The quantitative estimate of drug-likeness (QED) is 0.298. The molecule has 0 unspecified atom stereocenters. The minimum atomic E-state index is -0.833. The Morgan fingerprint density at radius 2 is 1.77 bits per heavy atom. The topological polar surface area (TPSA) is 123 Å². The molecule has 0 aliphatic carbocycles. The van der Waals surface area contributed by atoms with Crippen molar-refractivity contribution in [1.29, 1.82) is 0 Å². The third kappa shape index (κ3) is 3.71. The maximum Gasteiger partial charge on any atom is 0.335 e. The first-order valence-corrected chi connectivity index (χ1v) is 9.17. The van der Waals surface area contributed by atoms with Crippen molar-refractivity contribution in [2.24, 2.45) is 0 Å². The number of carbonyl (C=O) groups excluding carboxylic acids is 3. The molecule has 1 aliphatic heterocycles. The van der Waals surface area contributed by atoms with E-state index in [1.165, 1.54) is 18.2 Å². The maximum absolute atomic E-state index is 12.9. The molecule has 4 rings (SSSR count). The van der Waals surface area contributed by atoms with Crippen LogP contribution in [0.4, 0.5) is 16.2 Å². The molecule has 0 bridgehead atoms. The molecule has 2 aromatic carbocycles. The summed E-state index contributed by atoms with van der Waals surface area (Å²) in [5.41, 5.74) is 1.30. The van der Waals surface area contributed by atoms with Crippen molar-refractivity contribution in [1.82, 2.24) is 5.32 Å². The van der Waals surface area contributed by atoms with Crippen molar-refractivity contribution in [2.45, 2.75) is 6.92 Å². The number of benzene rings is 2. The van der Waals surface area contributed by atoms with Crippen molar-refractivity contribution >= 4 is 35.3 Å². The number of aryl methyl sites for hydroxylation is 1. The molecule has 0 radical (unpaired) electrons. The van der Waals surface area contributed by atoms with E-state index >= 15 is 0 Å². The van der Waals surface area contributed by atoms with Crippen LogP contribution >= 0.6 is 0 Å². The number of nitrogens with one attached hydrogen (secondary N) is 1. The van der Waals surface area contributed by atoms with Crippen molar-refractivity contribution in [3.63, 3.8) is 0 Å². The summed E-state index contributed by atoms with van der Waals surface area (Å²) in [6, 6.07) is 14.9. The second kappa shape index (κ2) is 7.71. The summed E-state index contributed by atoms with van der Waals surface area (Å²) in [6.45, 7) is 1.71. The zero-order valence-electron chi connectivity index (χ0n) is 16.2. The zero-order chi connectivity index (χ0) is 22.1. The van der Waals surface area contributed by atoms with Gasteiger partial charge in [0.25, 0.3) is 17.5 Å². The summed E-state index contributed by atoms with van der Waals surface area (Å²) >= 11 is 0. The molecule has 31 heavy (non-hydrogen) atoms. The second-order valence-electron chi connectivity index (χ2n) is 6.75. The van der Waals surface area contributed by atoms with Gasteiger partial charge in [0.15, 0.2) is 0 Å². The van der Waals surface area contributed by atoms with Crippen LogP contribution in [0.3, 0.4) is 0 Å². The Balaban J connectivity index is 1.67. The number of rotatable bonds is 4. The molecule has 1 N–H and O–H groups in total. The second-order valence-corrected chi connectivity index (χ2v) is 6.75. The molecule has 1 fully saturated rings. The average Bonchev–Trinajstić information content (AvgIpc) is 3.20. The highest BCUT2D eigenvalue weighted by Gasteiger charge is 2.37. The Bertz CT molecular complexity index is 1260. The van der Waals surface area contributed by atoms with E-state index in [0.29, 0.717) is 22.6 Å². The Kier molecular flexibility index (Phi) is 4.92. The van der Waals surface area contributed by atoms with E-state index < -0.39 is 22.8 Å². The first-order chi connectivity index (χ1) is 14.8. The van der Waals surface area contributed by atoms with Crippen LogP contribution in [0.15, 0.2) is 70.7 Å². The van der Waals surface area contributed by atoms with E-state index in [1.54, 1.807) is 55.5 Å². The smallest absolute Gasteiger partial charge is 0.335 e. The molecule has 0 spiro atoms.